The number of rotatable bonds is 3. The summed E-state index contributed by atoms with van der Waals surface area (Å²) in [5, 5.41) is 8.69. The first-order valence-corrected chi connectivity index (χ1v) is 6.43. The van der Waals surface area contributed by atoms with Gasteiger partial charge in [-0.05, 0) is 13.3 Å². The summed E-state index contributed by atoms with van der Waals surface area (Å²) in [6, 6.07) is -0.246. The number of likely N-dealkylation sites (N-methyl/N-ethyl adjacent to an activating group) is 1. The Morgan fingerprint density at radius 1 is 1.57 bits per heavy atom. The van der Waals surface area contributed by atoms with Gasteiger partial charge in [0, 0.05) is 12.6 Å². The Balaban J connectivity index is 2.69. The van der Waals surface area contributed by atoms with Crippen molar-refractivity contribution < 1.29 is 18.3 Å². The Morgan fingerprint density at radius 2 is 2.21 bits per heavy atom. The Bertz CT molecular complexity index is 311. The van der Waals surface area contributed by atoms with E-state index in [1.165, 1.54) is 4.90 Å². The predicted octanol–water partition coefficient (Wildman–Crippen LogP) is -0.986. The van der Waals surface area contributed by atoms with Crippen LogP contribution in [0.3, 0.4) is 0 Å². The van der Waals surface area contributed by atoms with Gasteiger partial charge >= 0.3 is 0 Å². The molecule has 1 rings (SSSR count). The second-order valence-corrected chi connectivity index (χ2v) is 5.62. The molecule has 14 heavy (non-hydrogen) atoms. The van der Waals surface area contributed by atoms with Crippen LogP contribution in [0.25, 0.3) is 0 Å². The van der Waals surface area contributed by atoms with Crippen LogP contribution in [0, 0.1) is 0 Å². The Morgan fingerprint density at radius 3 is 2.57 bits per heavy atom. The molecule has 82 valence electrons. The molecule has 1 N–H and O–H groups in total. The number of carbonyl (C=O) groups is 1. The number of nitrogens with zero attached hydrogens (tertiary/aromatic N) is 1. The maximum absolute atomic E-state index is 11.2. The fourth-order valence-electron chi connectivity index (χ4n) is 1.75. The molecule has 1 atom stereocenters. The number of hydrogen-bond donors (Lipinski definition) is 1. The third-order valence-corrected chi connectivity index (χ3v) is 4.20. The molecule has 0 aromatic rings. The monoisotopic (exact) mass is 221 g/mol. The van der Waals surface area contributed by atoms with Gasteiger partial charge in [-0.15, -0.1) is 0 Å². The molecule has 0 aliphatic carbocycles. The van der Waals surface area contributed by atoms with Gasteiger partial charge in [-0.2, -0.15) is 0 Å². The summed E-state index contributed by atoms with van der Waals surface area (Å²) >= 11 is 0. The lowest BCUT2D eigenvalue weighted by atomic mass is 10.2. The van der Waals surface area contributed by atoms with Crippen LogP contribution in [0.4, 0.5) is 0 Å². The molecule has 6 heteroatoms. The average molecular weight is 221 g/mol. The van der Waals surface area contributed by atoms with Crippen molar-refractivity contribution in [2.45, 2.75) is 19.4 Å². The Hall–Kier alpha value is -0.620. The van der Waals surface area contributed by atoms with Crippen LogP contribution in [0.15, 0.2) is 0 Å². The van der Waals surface area contributed by atoms with E-state index in [-0.39, 0.29) is 17.5 Å². The third kappa shape index (κ3) is 2.45. The summed E-state index contributed by atoms with van der Waals surface area (Å²) in [5.74, 6) is -0.214. The molecule has 0 bridgehead atoms. The highest BCUT2D eigenvalue weighted by atomic mass is 32.2. The summed E-state index contributed by atoms with van der Waals surface area (Å²) < 4.78 is 22.3. The van der Waals surface area contributed by atoms with E-state index in [1.807, 2.05) is 0 Å². The zero-order chi connectivity index (χ0) is 10.8. The minimum absolute atomic E-state index is 0.0343. The third-order valence-electron chi connectivity index (χ3n) is 2.45. The van der Waals surface area contributed by atoms with Crippen LogP contribution in [0.5, 0.6) is 0 Å². The number of aliphatic hydroxyl groups is 1. The number of aliphatic hydroxyl groups excluding tert-OH is 1. The molecule has 1 amide bonds. The molecule has 0 aromatic heterocycles. The van der Waals surface area contributed by atoms with E-state index in [1.54, 1.807) is 6.92 Å². The molecule has 1 aliphatic heterocycles. The minimum Gasteiger partial charge on any atom is -0.387 e. The largest absolute Gasteiger partial charge is 0.387 e. The highest BCUT2D eigenvalue weighted by molar-refractivity contribution is 7.91. The summed E-state index contributed by atoms with van der Waals surface area (Å²) in [7, 11) is -2.97. The number of sulfone groups is 1. The lowest BCUT2D eigenvalue weighted by Gasteiger charge is -2.25. The zero-order valence-electron chi connectivity index (χ0n) is 8.14. The van der Waals surface area contributed by atoms with Crippen LogP contribution in [0.2, 0.25) is 0 Å². The second-order valence-electron chi connectivity index (χ2n) is 3.39. The van der Waals surface area contributed by atoms with Gasteiger partial charge in [-0.1, -0.05) is 0 Å². The molecule has 0 aromatic carbocycles. The lowest BCUT2D eigenvalue weighted by Crippen LogP contribution is -2.42. The van der Waals surface area contributed by atoms with Crippen molar-refractivity contribution in [2.75, 3.05) is 24.7 Å². The molecular weight excluding hydrogens is 206 g/mol. The van der Waals surface area contributed by atoms with Crippen molar-refractivity contribution in [3.05, 3.63) is 0 Å². The van der Waals surface area contributed by atoms with E-state index < -0.39 is 22.4 Å². The van der Waals surface area contributed by atoms with E-state index in [9.17, 15) is 13.2 Å². The van der Waals surface area contributed by atoms with Gasteiger partial charge < -0.3 is 10.0 Å². The van der Waals surface area contributed by atoms with Crippen molar-refractivity contribution in [1.82, 2.24) is 4.90 Å². The van der Waals surface area contributed by atoms with Gasteiger partial charge in [-0.25, -0.2) is 8.42 Å². The van der Waals surface area contributed by atoms with Gasteiger partial charge in [0.25, 0.3) is 0 Å². The first kappa shape index (κ1) is 11.5. The maximum atomic E-state index is 11.2. The first-order chi connectivity index (χ1) is 6.50. The Labute approximate surface area is 83.6 Å². The summed E-state index contributed by atoms with van der Waals surface area (Å²) in [6.07, 6.45) is 0.488. The molecule has 1 aliphatic rings. The quantitative estimate of drug-likeness (QED) is 0.664. The molecule has 1 unspecified atom stereocenters. The topological polar surface area (TPSA) is 74.7 Å². The highest BCUT2D eigenvalue weighted by Gasteiger charge is 2.33. The molecule has 1 saturated heterocycles. The van der Waals surface area contributed by atoms with Crippen LogP contribution in [-0.4, -0.2) is 55.0 Å². The van der Waals surface area contributed by atoms with Crippen LogP contribution in [-0.2, 0) is 14.6 Å². The second kappa shape index (κ2) is 4.27. The van der Waals surface area contributed by atoms with Crippen LogP contribution >= 0.6 is 0 Å². The fraction of sp³-hybridized carbons (Fsp3) is 0.875. The molecule has 1 fully saturated rings. The smallest absolute Gasteiger partial charge is 0.248 e. The summed E-state index contributed by atoms with van der Waals surface area (Å²) in [4.78, 5) is 12.7. The summed E-state index contributed by atoms with van der Waals surface area (Å²) in [5.41, 5.74) is 0. The normalized spacial score (nSPS) is 24.9. The number of hydrogen-bond acceptors (Lipinski definition) is 4. The molecule has 5 nitrogen and oxygen atoms in total. The van der Waals surface area contributed by atoms with E-state index >= 15 is 0 Å². The van der Waals surface area contributed by atoms with E-state index in [0.29, 0.717) is 13.0 Å². The fourth-order valence-corrected chi connectivity index (χ4v) is 3.48. The van der Waals surface area contributed by atoms with Gasteiger partial charge in [-0.3, -0.25) is 4.79 Å². The molecule has 0 spiro atoms. The first-order valence-electron chi connectivity index (χ1n) is 4.61. The van der Waals surface area contributed by atoms with Gasteiger partial charge in [0.1, 0.15) is 6.61 Å². The highest BCUT2D eigenvalue weighted by Crippen LogP contribution is 2.17. The molecule has 0 saturated carbocycles. The van der Waals surface area contributed by atoms with E-state index in [2.05, 4.69) is 0 Å². The van der Waals surface area contributed by atoms with Crippen LogP contribution < -0.4 is 0 Å². The SMILES string of the molecule is CCN(C(=O)CO)C1CCS(=O)(=O)C1. The standard InChI is InChI=1S/C8H15NO4S/c1-2-9(8(11)5-10)7-3-4-14(12,13)6-7/h7,10H,2-6H2,1H3. The Kier molecular flexibility index (Phi) is 3.49. The van der Waals surface area contributed by atoms with Crippen molar-refractivity contribution in [1.29, 1.82) is 0 Å². The van der Waals surface area contributed by atoms with E-state index in [0.717, 1.165) is 0 Å². The van der Waals surface area contributed by atoms with Gasteiger partial charge in [0.15, 0.2) is 9.84 Å². The molecular formula is C8H15NO4S. The van der Waals surface area contributed by atoms with Crippen LogP contribution in [0.1, 0.15) is 13.3 Å². The van der Waals surface area contributed by atoms with Crippen molar-refractivity contribution in [3.63, 3.8) is 0 Å². The van der Waals surface area contributed by atoms with E-state index in [4.69, 9.17) is 5.11 Å². The lowest BCUT2D eigenvalue weighted by molar-refractivity contribution is -0.135. The van der Waals surface area contributed by atoms with Gasteiger partial charge in [0.05, 0.1) is 11.5 Å². The number of carbonyl (C=O) groups excluding carboxylic acids is 1. The average Bonchev–Trinajstić information content (AvgIpc) is 2.47. The maximum Gasteiger partial charge on any atom is 0.248 e. The predicted molar refractivity (Wildman–Crippen MR) is 51.5 cm³/mol. The van der Waals surface area contributed by atoms with Crippen molar-refractivity contribution >= 4 is 15.7 Å². The molecule has 0 radical (unpaired) electrons. The minimum atomic E-state index is -2.97. The van der Waals surface area contributed by atoms with Crippen molar-refractivity contribution in [3.8, 4) is 0 Å². The van der Waals surface area contributed by atoms with Crippen molar-refractivity contribution in [2.24, 2.45) is 0 Å². The summed E-state index contributed by atoms with van der Waals surface area (Å²) in [6.45, 7) is 1.67. The molecule has 1 heterocycles. The van der Waals surface area contributed by atoms with Gasteiger partial charge in [0.2, 0.25) is 5.91 Å². The number of amides is 1. The zero-order valence-corrected chi connectivity index (χ0v) is 8.96.